The Labute approximate surface area is 139 Å². The lowest BCUT2D eigenvalue weighted by molar-refractivity contribution is 0.0696. The van der Waals surface area contributed by atoms with Gasteiger partial charge in [0.2, 0.25) is 0 Å². The average molecular weight is 349 g/mol. The summed E-state index contributed by atoms with van der Waals surface area (Å²) in [5.74, 6) is -1.84. The number of aryl methyl sites for hydroxylation is 1. The van der Waals surface area contributed by atoms with Gasteiger partial charge in [-0.25, -0.2) is 17.6 Å². The molecular formula is C17H16FNO4S. The SMILES string of the molecule is CN(c1ccccc1F)S(=O)(=O)c1cc(C(=O)O)cc2c1CCC2. The Balaban J connectivity index is 2.17. The van der Waals surface area contributed by atoms with Crippen LogP contribution in [0.4, 0.5) is 10.1 Å². The van der Waals surface area contributed by atoms with E-state index in [2.05, 4.69) is 0 Å². The first-order valence-electron chi connectivity index (χ1n) is 7.45. The average Bonchev–Trinajstić information content (AvgIpc) is 3.01. The fourth-order valence-corrected chi connectivity index (χ4v) is 4.53. The van der Waals surface area contributed by atoms with Crippen LogP contribution in [0.5, 0.6) is 0 Å². The first kappa shape index (κ1) is 16.4. The number of para-hydroxylation sites is 1. The van der Waals surface area contributed by atoms with Crippen LogP contribution in [-0.2, 0) is 22.9 Å². The fraction of sp³-hybridized carbons (Fsp3) is 0.235. The zero-order chi connectivity index (χ0) is 17.5. The summed E-state index contributed by atoms with van der Waals surface area (Å²) < 4.78 is 40.8. The topological polar surface area (TPSA) is 74.7 Å². The molecule has 0 amide bonds. The molecule has 24 heavy (non-hydrogen) atoms. The van der Waals surface area contributed by atoms with Gasteiger partial charge in [-0.05, 0) is 54.7 Å². The Hall–Kier alpha value is -2.41. The van der Waals surface area contributed by atoms with Crippen LogP contribution in [-0.4, -0.2) is 26.5 Å². The number of carboxylic acids is 1. The van der Waals surface area contributed by atoms with E-state index in [1.54, 1.807) is 6.07 Å². The minimum Gasteiger partial charge on any atom is -0.478 e. The summed E-state index contributed by atoms with van der Waals surface area (Å²) in [6.45, 7) is 0. The van der Waals surface area contributed by atoms with Gasteiger partial charge in [0, 0.05) is 7.05 Å². The molecule has 0 atom stereocenters. The van der Waals surface area contributed by atoms with Crippen molar-refractivity contribution in [2.24, 2.45) is 0 Å². The van der Waals surface area contributed by atoms with Crippen molar-refractivity contribution >= 4 is 21.7 Å². The van der Waals surface area contributed by atoms with Crippen LogP contribution in [0, 0.1) is 5.82 Å². The molecule has 0 radical (unpaired) electrons. The minimum absolute atomic E-state index is 0.0550. The molecule has 0 bridgehead atoms. The summed E-state index contributed by atoms with van der Waals surface area (Å²) in [5.41, 5.74) is 1.21. The van der Waals surface area contributed by atoms with Crippen LogP contribution >= 0.6 is 0 Å². The molecule has 5 nitrogen and oxygen atoms in total. The van der Waals surface area contributed by atoms with Crippen LogP contribution in [0.3, 0.4) is 0 Å². The highest BCUT2D eigenvalue weighted by molar-refractivity contribution is 7.92. The molecule has 1 aliphatic rings. The van der Waals surface area contributed by atoms with E-state index < -0.39 is 21.8 Å². The lowest BCUT2D eigenvalue weighted by atomic mass is 10.1. The quantitative estimate of drug-likeness (QED) is 0.921. The van der Waals surface area contributed by atoms with Gasteiger partial charge in [0.05, 0.1) is 16.1 Å². The molecule has 0 aromatic heterocycles. The summed E-state index contributed by atoms with van der Waals surface area (Å²) in [7, 11) is -2.80. The number of sulfonamides is 1. The Morgan fingerprint density at radius 2 is 1.92 bits per heavy atom. The van der Waals surface area contributed by atoms with Gasteiger partial charge in [0.1, 0.15) is 5.82 Å². The molecule has 0 heterocycles. The van der Waals surface area contributed by atoms with Gasteiger partial charge in [-0.1, -0.05) is 12.1 Å². The van der Waals surface area contributed by atoms with Gasteiger partial charge in [0.15, 0.2) is 0 Å². The van der Waals surface area contributed by atoms with E-state index in [0.717, 1.165) is 16.3 Å². The van der Waals surface area contributed by atoms with Crippen molar-refractivity contribution < 1.29 is 22.7 Å². The fourth-order valence-electron chi connectivity index (χ4n) is 3.00. The molecule has 1 N–H and O–H groups in total. The lowest BCUT2D eigenvalue weighted by Crippen LogP contribution is -2.28. The van der Waals surface area contributed by atoms with Gasteiger partial charge in [-0.2, -0.15) is 0 Å². The number of rotatable bonds is 4. The Morgan fingerprint density at radius 1 is 1.21 bits per heavy atom. The first-order chi connectivity index (χ1) is 11.3. The number of fused-ring (bicyclic) bond motifs is 1. The maximum atomic E-state index is 14.0. The summed E-state index contributed by atoms with van der Waals surface area (Å²) in [6.07, 6.45) is 1.97. The van der Waals surface area contributed by atoms with Crippen LogP contribution in [0.15, 0.2) is 41.3 Å². The molecule has 1 aliphatic carbocycles. The van der Waals surface area contributed by atoms with Crippen molar-refractivity contribution in [2.75, 3.05) is 11.4 Å². The van der Waals surface area contributed by atoms with E-state index >= 15 is 0 Å². The van der Waals surface area contributed by atoms with E-state index in [1.165, 1.54) is 37.4 Å². The second-order valence-electron chi connectivity index (χ2n) is 5.69. The third kappa shape index (κ3) is 2.65. The number of nitrogens with zero attached hydrogens (tertiary/aromatic N) is 1. The van der Waals surface area contributed by atoms with Crippen LogP contribution < -0.4 is 4.31 Å². The van der Waals surface area contributed by atoms with E-state index in [9.17, 15) is 22.7 Å². The van der Waals surface area contributed by atoms with E-state index in [1.807, 2.05) is 0 Å². The number of carbonyl (C=O) groups is 1. The summed E-state index contributed by atoms with van der Waals surface area (Å²) >= 11 is 0. The number of hydrogen-bond donors (Lipinski definition) is 1. The molecule has 0 saturated heterocycles. The molecule has 2 aromatic rings. The van der Waals surface area contributed by atoms with Crippen molar-refractivity contribution in [3.63, 3.8) is 0 Å². The molecule has 0 spiro atoms. The predicted octanol–water partition coefficient (Wildman–Crippen LogP) is 2.84. The number of aromatic carboxylic acids is 1. The Bertz CT molecular complexity index is 924. The Morgan fingerprint density at radius 3 is 2.58 bits per heavy atom. The molecule has 0 fully saturated rings. The van der Waals surface area contributed by atoms with Crippen molar-refractivity contribution in [1.29, 1.82) is 0 Å². The molecule has 2 aromatic carbocycles. The van der Waals surface area contributed by atoms with E-state index in [-0.39, 0.29) is 16.1 Å². The predicted molar refractivity (Wildman–Crippen MR) is 87.4 cm³/mol. The monoisotopic (exact) mass is 349 g/mol. The zero-order valence-corrected chi connectivity index (χ0v) is 13.8. The molecule has 7 heteroatoms. The second-order valence-corrected chi connectivity index (χ2v) is 7.63. The number of benzene rings is 2. The van der Waals surface area contributed by atoms with Crippen LogP contribution in [0.1, 0.15) is 27.9 Å². The second kappa shape index (κ2) is 5.90. The number of halogens is 1. The third-order valence-electron chi connectivity index (χ3n) is 4.25. The first-order valence-corrected chi connectivity index (χ1v) is 8.89. The number of anilines is 1. The van der Waals surface area contributed by atoms with Crippen molar-refractivity contribution in [3.05, 3.63) is 58.9 Å². The van der Waals surface area contributed by atoms with Gasteiger partial charge in [0.25, 0.3) is 10.0 Å². The minimum atomic E-state index is -4.07. The summed E-state index contributed by atoms with van der Waals surface area (Å²) in [5, 5.41) is 9.24. The van der Waals surface area contributed by atoms with Crippen molar-refractivity contribution in [1.82, 2.24) is 0 Å². The highest BCUT2D eigenvalue weighted by Crippen LogP contribution is 2.33. The molecule has 126 valence electrons. The summed E-state index contributed by atoms with van der Waals surface area (Å²) in [6, 6.07) is 8.25. The van der Waals surface area contributed by atoms with E-state index in [4.69, 9.17) is 0 Å². The standard InChI is InChI=1S/C17H16FNO4S/c1-19(15-8-3-2-7-14(15)18)24(22,23)16-10-12(17(20)21)9-11-5-4-6-13(11)16/h2-3,7-10H,4-6H2,1H3,(H,20,21). The highest BCUT2D eigenvalue weighted by Gasteiger charge is 2.30. The van der Waals surface area contributed by atoms with Gasteiger partial charge >= 0.3 is 5.97 Å². The molecule has 0 unspecified atom stereocenters. The van der Waals surface area contributed by atoms with Crippen LogP contribution in [0.2, 0.25) is 0 Å². The molecule has 0 aliphatic heterocycles. The Kier molecular flexibility index (Phi) is 4.04. The van der Waals surface area contributed by atoms with Gasteiger partial charge in [-0.15, -0.1) is 0 Å². The molecule has 3 rings (SSSR count). The van der Waals surface area contributed by atoms with Crippen molar-refractivity contribution in [2.45, 2.75) is 24.2 Å². The molecular weight excluding hydrogens is 333 g/mol. The van der Waals surface area contributed by atoms with Gasteiger partial charge in [-0.3, -0.25) is 4.31 Å². The largest absolute Gasteiger partial charge is 0.478 e. The van der Waals surface area contributed by atoms with Crippen LogP contribution in [0.25, 0.3) is 0 Å². The summed E-state index contributed by atoms with van der Waals surface area (Å²) in [4.78, 5) is 11.3. The molecule has 0 saturated carbocycles. The third-order valence-corrected chi connectivity index (χ3v) is 6.09. The van der Waals surface area contributed by atoms with Crippen molar-refractivity contribution in [3.8, 4) is 0 Å². The number of hydrogen-bond acceptors (Lipinski definition) is 3. The smallest absolute Gasteiger partial charge is 0.335 e. The maximum Gasteiger partial charge on any atom is 0.335 e. The highest BCUT2D eigenvalue weighted by atomic mass is 32.2. The lowest BCUT2D eigenvalue weighted by Gasteiger charge is -2.22. The van der Waals surface area contributed by atoms with Gasteiger partial charge < -0.3 is 5.11 Å². The van der Waals surface area contributed by atoms with E-state index in [0.29, 0.717) is 18.4 Å². The number of carboxylic acid groups (broad SMARTS) is 1. The maximum absolute atomic E-state index is 14.0. The normalized spacial score (nSPS) is 13.6. The zero-order valence-electron chi connectivity index (χ0n) is 13.0.